The summed E-state index contributed by atoms with van der Waals surface area (Å²) in [6.07, 6.45) is 0. The number of nitroso groups, excluding NO2 is 1. The Labute approximate surface area is 128 Å². The van der Waals surface area contributed by atoms with Crippen molar-refractivity contribution >= 4 is 5.69 Å². The summed E-state index contributed by atoms with van der Waals surface area (Å²) in [6.45, 7) is 0. The fourth-order valence-electron chi connectivity index (χ4n) is 2.40. The van der Waals surface area contributed by atoms with E-state index in [4.69, 9.17) is 0 Å². The van der Waals surface area contributed by atoms with E-state index < -0.39 is 0 Å². The molecule has 0 saturated carbocycles. The predicted molar refractivity (Wildman–Crippen MR) is 88.4 cm³/mol. The van der Waals surface area contributed by atoms with Gasteiger partial charge in [0, 0.05) is 11.1 Å². The summed E-state index contributed by atoms with van der Waals surface area (Å²) >= 11 is 0. The number of hydrogen-bond acceptors (Lipinski definition) is 3. The minimum absolute atomic E-state index is 0.239. The van der Waals surface area contributed by atoms with Gasteiger partial charge in [-0.25, -0.2) is 5.43 Å². The normalized spacial score (nSPS) is 10.2. The maximum atomic E-state index is 10.6. The fourth-order valence-corrected chi connectivity index (χ4v) is 2.40. The smallest absolute Gasteiger partial charge is 0.131 e. The van der Waals surface area contributed by atoms with Crippen molar-refractivity contribution in [3.63, 3.8) is 0 Å². The van der Waals surface area contributed by atoms with Crippen molar-refractivity contribution in [1.82, 2.24) is 0 Å². The Balaban J connectivity index is 2.03. The Kier molecular flexibility index (Phi) is 3.83. The minimum Gasteiger partial charge on any atom is -0.507 e. The summed E-state index contributed by atoms with van der Waals surface area (Å²) in [4.78, 5) is 10.2. The van der Waals surface area contributed by atoms with Crippen LogP contribution in [0.15, 0.2) is 78.1 Å². The van der Waals surface area contributed by atoms with Crippen LogP contribution in [0, 0.1) is 4.91 Å². The second-order valence-electron chi connectivity index (χ2n) is 4.85. The van der Waals surface area contributed by atoms with Gasteiger partial charge in [0.1, 0.15) is 5.75 Å². The van der Waals surface area contributed by atoms with Gasteiger partial charge in [-0.05, 0) is 23.3 Å². The van der Waals surface area contributed by atoms with Gasteiger partial charge in [0.05, 0.1) is 11.0 Å². The Morgan fingerprint density at radius 2 is 1.32 bits per heavy atom. The first kappa shape index (κ1) is 13.8. The fraction of sp³-hybridized carbons (Fsp3) is 0. The molecule has 0 radical (unpaired) electrons. The third kappa shape index (κ3) is 2.67. The number of aromatic hydroxyl groups is 1. The molecule has 0 atom stereocenters. The second-order valence-corrected chi connectivity index (χ2v) is 4.85. The molecule has 0 aromatic heterocycles. The number of benzene rings is 3. The van der Waals surface area contributed by atoms with Crippen LogP contribution in [-0.4, -0.2) is 5.11 Å². The Morgan fingerprint density at radius 3 is 1.91 bits per heavy atom. The highest BCUT2D eigenvalue weighted by Crippen LogP contribution is 2.38. The van der Waals surface area contributed by atoms with Crippen molar-refractivity contribution in [2.75, 3.05) is 5.43 Å². The number of phenolic OH excluding ortho intramolecular Hbond substituents is 1. The monoisotopic (exact) mass is 290 g/mol. The molecule has 0 saturated heterocycles. The predicted octanol–water partition coefficient (Wildman–Crippen LogP) is 4.82. The summed E-state index contributed by atoms with van der Waals surface area (Å²) in [5.41, 5.74) is 6.31. The molecule has 0 fully saturated rings. The Hall–Kier alpha value is -3.14. The molecule has 4 heteroatoms. The van der Waals surface area contributed by atoms with Crippen molar-refractivity contribution in [3.8, 4) is 28.0 Å². The van der Waals surface area contributed by atoms with Crippen molar-refractivity contribution in [2.45, 2.75) is 0 Å². The lowest BCUT2D eigenvalue weighted by atomic mass is 9.97. The maximum Gasteiger partial charge on any atom is 0.131 e. The van der Waals surface area contributed by atoms with E-state index in [2.05, 4.69) is 10.7 Å². The van der Waals surface area contributed by atoms with E-state index in [0.29, 0.717) is 5.69 Å². The maximum absolute atomic E-state index is 10.6. The van der Waals surface area contributed by atoms with Gasteiger partial charge in [-0.2, -0.15) is 0 Å². The van der Waals surface area contributed by atoms with E-state index in [1.54, 1.807) is 12.1 Å². The molecule has 0 heterocycles. The van der Waals surface area contributed by atoms with Gasteiger partial charge < -0.3 is 5.11 Å². The minimum atomic E-state index is 0.239. The molecule has 0 spiro atoms. The highest BCUT2D eigenvalue weighted by Gasteiger charge is 2.10. The molecule has 0 amide bonds. The van der Waals surface area contributed by atoms with Crippen LogP contribution in [0.3, 0.4) is 0 Å². The van der Waals surface area contributed by atoms with Crippen LogP contribution in [0.25, 0.3) is 22.3 Å². The van der Waals surface area contributed by atoms with Crippen molar-refractivity contribution in [2.24, 2.45) is 5.29 Å². The molecule has 3 aromatic rings. The SMILES string of the molecule is O=NNc1ccc(-c2cccc(-c3ccccc3)c2O)cc1. The summed E-state index contributed by atoms with van der Waals surface area (Å²) in [5.74, 6) is 0.239. The lowest BCUT2D eigenvalue weighted by Gasteiger charge is -2.10. The van der Waals surface area contributed by atoms with Gasteiger partial charge >= 0.3 is 0 Å². The van der Waals surface area contributed by atoms with Gasteiger partial charge in [-0.3, -0.25) is 0 Å². The van der Waals surface area contributed by atoms with Crippen LogP contribution in [0.1, 0.15) is 0 Å². The topological polar surface area (TPSA) is 61.7 Å². The Bertz CT molecular complexity index is 784. The van der Waals surface area contributed by atoms with Crippen molar-refractivity contribution in [1.29, 1.82) is 0 Å². The summed E-state index contributed by atoms with van der Waals surface area (Å²) in [7, 11) is 0. The molecular weight excluding hydrogens is 276 g/mol. The number of nitrogens with zero attached hydrogens (tertiary/aromatic N) is 1. The molecule has 22 heavy (non-hydrogen) atoms. The highest BCUT2D eigenvalue weighted by molar-refractivity contribution is 5.82. The van der Waals surface area contributed by atoms with Gasteiger partial charge in [0.2, 0.25) is 0 Å². The molecule has 3 aromatic carbocycles. The van der Waals surface area contributed by atoms with Crippen LogP contribution >= 0.6 is 0 Å². The van der Waals surface area contributed by atoms with Crippen LogP contribution in [0.4, 0.5) is 5.69 Å². The van der Waals surface area contributed by atoms with Crippen LogP contribution in [0.2, 0.25) is 0 Å². The van der Waals surface area contributed by atoms with E-state index in [-0.39, 0.29) is 5.75 Å². The number of rotatable bonds is 4. The first-order chi connectivity index (χ1) is 10.8. The van der Waals surface area contributed by atoms with Gasteiger partial charge in [-0.1, -0.05) is 60.7 Å². The first-order valence-corrected chi connectivity index (χ1v) is 6.86. The third-order valence-corrected chi connectivity index (χ3v) is 3.49. The molecule has 4 nitrogen and oxygen atoms in total. The number of phenols is 1. The standard InChI is InChI=1S/C18H14N2O2/c21-18-16(13-5-2-1-3-6-13)7-4-8-17(18)14-9-11-15(12-10-14)19-20-22/h1-12,21H,(H,19,22). The molecule has 0 bridgehead atoms. The van der Waals surface area contributed by atoms with Gasteiger partial charge in [0.25, 0.3) is 0 Å². The lowest BCUT2D eigenvalue weighted by molar-refractivity contribution is 0.479. The molecule has 0 unspecified atom stereocenters. The van der Waals surface area contributed by atoms with Crippen LogP contribution < -0.4 is 5.43 Å². The number of hydrogen-bond donors (Lipinski definition) is 2. The zero-order valence-corrected chi connectivity index (χ0v) is 11.7. The van der Waals surface area contributed by atoms with Crippen molar-refractivity contribution < 1.29 is 5.11 Å². The average Bonchev–Trinajstić information content (AvgIpc) is 2.57. The number of para-hydroxylation sites is 1. The second kappa shape index (κ2) is 6.10. The van der Waals surface area contributed by atoms with Crippen LogP contribution in [-0.2, 0) is 0 Å². The largest absolute Gasteiger partial charge is 0.507 e. The number of anilines is 1. The molecular formula is C18H14N2O2. The van der Waals surface area contributed by atoms with E-state index in [0.717, 1.165) is 22.3 Å². The third-order valence-electron chi connectivity index (χ3n) is 3.49. The Morgan fingerprint density at radius 1 is 0.727 bits per heavy atom. The molecule has 0 aliphatic carbocycles. The van der Waals surface area contributed by atoms with Crippen LogP contribution in [0.5, 0.6) is 5.75 Å². The number of nitrogens with one attached hydrogen (secondary N) is 1. The first-order valence-electron chi connectivity index (χ1n) is 6.86. The quantitative estimate of drug-likeness (QED) is 0.535. The zero-order chi connectivity index (χ0) is 15.4. The molecule has 2 N–H and O–H groups in total. The summed E-state index contributed by atoms with van der Waals surface area (Å²) in [5, 5.41) is 13.2. The average molecular weight is 290 g/mol. The van der Waals surface area contributed by atoms with E-state index in [1.165, 1.54) is 0 Å². The molecule has 0 aliphatic rings. The lowest BCUT2D eigenvalue weighted by Crippen LogP contribution is -1.87. The summed E-state index contributed by atoms with van der Waals surface area (Å²) in [6, 6.07) is 22.5. The van der Waals surface area contributed by atoms with Crippen molar-refractivity contribution in [3.05, 3.63) is 77.7 Å². The van der Waals surface area contributed by atoms with E-state index in [1.807, 2.05) is 60.7 Å². The van der Waals surface area contributed by atoms with Gasteiger partial charge in [0.15, 0.2) is 0 Å². The molecule has 108 valence electrons. The van der Waals surface area contributed by atoms with Gasteiger partial charge in [-0.15, -0.1) is 4.91 Å². The molecule has 3 rings (SSSR count). The summed E-state index contributed by atoms with van der Waals surface area (Å²) < 4.78 is 0. The highest BCUT2D eigenvalue weighted by atomic mass is 16.3. The van der Waals surface area contributed by atoms with E-state index in [9.17, 15) is 10.0 Å². The zero-order valence-electron chi connectivity index (χ0n) is 11.7. The molecule has 0 aliphatic heterocycles. The van der Waals surface area contributed by atoms with E-state index >= 15 is 0 Å².